The number of rotatable bonds is 3. The van der Waals surface area contributed by atoms with Gasteiger partial charge in [-0.2, -0.15) is 0 Å². The molecule has 0 aliphatic carbocycles. The van der Waals surface area contributed by atoms with E-state index in [1.165, 1.54) is 0 Å². The van der Waals surface area contributed by atoms with E-state index in [9.17, 15) is 4.79 Å². The molecule has 0 unspecified atom stereocenters. The van der Waals surface area contributed by atoms with Gasteiger partial charge in [0.15, 0.2) is 11.5 Å². The van der Waals surface area contributed by atoms with E-state index < -0.39 is 0 Å². The fraction of sp³-hybridized carbons (Fsp3) is 0.462. The van der Waals surface area contributed by atoms with Crippen LogP contribution in [0.3, 0.4) is 0 Å². The van der Waals surface area contributed by atoms with Crippen LogP contribution in [0.4, 0.5) is 0 Å². The molecule has 1 heterocycles. The first-order valence-corrected chi connectivity index (χ1v) is 6.10. The topological polar surface area (TPSA) is 55.4 Å². The minimum Gasteiger partial charge on any atom is -0.493 e. The average molecular weight is 251 g/mol. The normalized spacial score (nSPS) is 15.3. The van der Waals surface area contributed by atoms with Gasteiger partial charge in [-0.1, -0.05) is 6.07 Å². The van der Waals surface area contributed by atoms with Crippen LogP contribution in [0.15, 0.2) is 18.2 Å². The highest BCUT2D eigenvalue weighted by Crippen LogP contribution is 2.31. The number of hydrogen-bond acceptors (Lipinski definition) is 3. The maximum absolute atomic E-state index is 12.4. The third-order valence-corrected chi connectivity index (χ3v) is 3.13. The molecule has 1 aromatic carbocycles. The molecule has 1 aromatic rings. The van der Waals surface area contributed by atoms with Crippen LogP contribution in [-0.4, -0.2) is 51.2 Å². The van der Waals surface area contributed by atoms with Crippen molar-refractivity contribution in [3.05, 3.63) is 23.8 Å². The van der Waals surface area contributed by atoms with Gasteiger partial charge in [0.25, 0.3) is 5.91 Å². The lowest BCUT2D eigenvalue weighted by molar-refractivity contribution is -0.661. The fourth-order valence-electron chi connectivity index (χ4n) is 2.18. The number of carbonyl (C=O) groups is 1. The molecule has 0 spiro atoms. The monoisotopic (exact) mass is 251 g/mol. The Labute approximate surface area is 107 Å². The lowest BCUT2D eigenvalue weighted by atomic mass is 10.1. The van der Waals surface area contributed by atoms with Crippen LogP contribution in [0.25, 0.3) is 0 Å². The standard InChI is InChI=1S/C13H18N2O3/c1-17-11-5-3-4-10(12(11)18-2)13(16)15-8-6-14-7-9-15/h3-5,14H,6-9H2,1-2H3/p+1. The molecule has 0 saturated carbocycles. The van der Waals surface area contributed by atoms with Gasteiger partial charge in [0, 0.05) is 0 Å². The SMILES string of the molecule is COc1cccc(C(=O)N2CC[NH2+]CC2)c1OC. The van der Waals surface area contributed by atoms with Crippen LogP contribution in [0.5, 0.6) is 11.5 Å². The van der Waals surface area contributed by atoms with Gasteiger partial charge in [0.1, 0.15) is 0 Å². The number of nitrogens with two attached hydrogens (primary N) is 1. The number of para-hydroxylation sites is 1. The van der Waals surface area contributed by atoms with Crippen LogP contribution in [0, 0.1) is 0 Å². The van der Waals surface area contributed by atoms with Gasteiger partial charge < -0.3 is 19.7 Å². The van der Waals surface area contributed by atoms with Crippen molar-refractivity contribution in [2.45, 2.75) is 0 Å². The molecule has 1 aliphatic heterocycles. The number of carbonyl (C=O) groups excluding carboxylic acids is 1. The highest BCUT2D eigenvalue weighted by atomic mass is 16.5. The molecule has 2 rings (SSSR count). The van der Waals surface area contributed by atoms with Gasteiger partial charge in [-0.15, -0.1) is 0 Å². The molecule has 1 amide bonds. The Balaban J connectivity index is 2.28. The molecule has 1 saturated heterocycles. The van der Waals surface area contributed by atoms with Crippen molar-refractivity contribution in [1.82, 2.24) is 4.90 Å². The molecule has 0 atom stereocenters. The van der Waals surface area contributed by atoms with E-state index in [1.54, 1.807) is 26.4 Å². The van der Waals surface area contributed by atoms with Crippen LogP contribution in [0.1, 0.15) is 10.4 Å². The van der Waals surface area contributed by atoms with Crippen molar-refractivity contribution in [3.8, 4) is 11.5 Å². The minimum atomic E-state index is 0.0128. The Bertz CT molecular complexity index is 428. The number of ether oxygens (including phenoxy) is 2. The molecule has 98 valence electrons. The molecule has 5 heteroatoms. The summed E-state index contributed by atoms with van der Waals surface area (Å²) in [5.41, 5.74) is 0.568. The van der Waals surface area contributed by atoms with Crippen molar-refractivity contribution < 1.29 is 19.6 Å². The van der Waals surface area contributed by atoms with E-state index in [0.29, 0.717) is 17.1 Å². The molecule has 0 radical (unpaired) electrons. The predicted octanol–water partition coefficient (Wildman–Crippen LogP) is -0.277. The third-order valence-electron chi connectivity index (χ3n) is 3.13. The van der Waals surface area contributed by atoms with E-state index in [1.807, 2.05) is 11.0 Å². The van der Waals surface area contributed by atoms with Gasteiger partial charge in [0.2, 0.25) is 0 Å². The largest absolute Gasteiger partial charge is 0.493 e. The van der Waals surface area contributed by atoms with Gasteiger partial charge in [-0.05, 0) is 12.1 Å². The predicted molar refractivity (Wildman–Crippen MR) is 67.1 cm³/mol. The summed E-state index contributed by atoms with van der Waals surface area (Å²) in [4.78, 5) is 14.3. The second-order valence-corrected chi connectivity index (χ2v) is 4.20. The Hall–Kier alpha value is -1.75. The van der Waals surface area contributed by atoms with Crippen molar-refractivity contribution in [2.75, 3.05) is 40.4 Å². The molecule has 18 heavy (non-hydrogen) atoms. The molecule has 1 aliphatic rings. The third kappa shape index (κ3) is 2.41. The molecule has 1 fully saturated rings. The Morgan fingerprint density at radius 1 is 1.22 bits per heavy atom. The van der Waals surface area contributed by atoms with Gasteiger partial charge in [-0.25, -0.2) is 0 Å². The average Bonchev–Trinajstić information content (AvgIpc) is 2.46. The van der Waals surface area contributed by atoms with E-state index in [-0.39, 0.29) is 5.91 Å². The first-order valence-electron chi connectivity index (χ1n) is 6.10. The summed E-state index contributed by atoms with van der Waals surface area (Å²) in [5.74, 6) is 1.12. The smallest absolute Gasteiger partial charge is 0.258 e. The zero-order chi connectivity index (χ0) is 13.0. The van der Waals surface area contributed by atoms with E-state index in [4.69, 9.17) is 9.47 Å². The number of hydrogen-bond donors (Lipinski definition) is 1. The van der Waals surface area contributed by atoms with Crippen LogP contribution >= 0.6 is 0 Å². The number of amides is 1. The summed E-state index contributed by atoms with van der Waals surface area (Å²) in [7, 11) is 3.13. The highest BCUT2D eigenvalue weighted by Gasteiger charge is 2.24. The fourth-order valence-corrected chi connectivity index (χ4v) is 2.18. The van der Waals surface area contributed by atoms with Gasteiger partial charge in [-0.3, -0.25) is 4.79 Å². The Kier molecular flexibility index (Phi) is 4.04. The number of quaternary nitrogens is 1. The van der Waals surface area contributed by atoms with Crippen LogP contribution in [0.2, 0.25) is 0 Å². The zero-order valence-electron chi connectivity index (χ0n) is 10.8. The summed E-state index contributed by atoms with van der Waals surface area (Å²) in [6.07, 6.45) is 0. The summed E-state index contributed by atoms with van der Waals surface area (Å²) < 4.78 is 10.5. The van der Waals surface area contributed by atoms with Gasteiger partial charge >= 0.3 is 0 Å². The summed E-state index contributed by atoms with van der Waals surface area (Å²) in [6, 6.07) is 5.38. The molecule has 5 nitrogen and oxygen atoms in total. The first kappa shape index (κ1) is 12.7. The lowest BCUT2D eigenvalue weighted by Gasteiger charge is -2.26. The molecule has 0 bridgehead atoms. The van der Waals surface area contributed by atoms with Crippen LogP contribution in [-0.2, 0) is 0 Å². The van der Waals surface area contributed by atoms with Crippen LogP contribution < -0.4 is 14.8 Å². The number of benzene rings is 1. The second-order valence-electron chi connectivity index (χ2n) is 4.20. The molecular weight excluding hydrogens is 232 g/mol. The minimum absolute atomic E-state index is 0.0128. The van der Waals surface area contributed by atoms with Crippen molar-refractivity contribution >= 4 is 5.91 Å². The van der Waals surface area contributed by atoms with E-state index in [2.05, 4.69) is 5.32 Å². The second kappa shape index (κ2) is 5.73. The maximum atomic E-state index is 12.4. The first-order chi connectivity index (χ1) is 8.77. The quantitative estimate of drug-likeness (QED) is 0.804. The van der Waals surface area contributed by atoms with Crippen molar-refractivity contribution in [3.63, 3.8) is 0 Å². The highest BCUT2D eigenvalue weighted by molar-refractivity contribution is 5.97. The van der Waals surface area contributed by atoms with Gasteiger partial charge in [0.05, 0.1) is 46.0 Å². The number of methoxy groups -OCH3 is 2. The van der Waals surface area contributed by atoms with E-state index >= 15 is 0 Å². The zero-order valence-corrected chi connectivity index (χ0v) is 10.8. The summed E-state index contributed by atoms with van der Waals surface area (Å²) >= 11 is 0. The van der Waals surface area contributed by atoms with Crippen molar-refractivity contribution in [2.24, 2.45) is 0 Å². The number of nitrogens with zero attached hydrogens (tertiary/aromatic N) is 1. The molecule has 2 N–H and O–H groups in total. The number of piperazine rings is 1. The maximum Gasteiger partial charge on any atom is 0.258 e. The molecular formula is C13H19N2O3+. The molecule has 0 aromatic heterocycles. The van der Waals surface area contributed by atoms with E-state index in [0.717, 1.165) is 26.2 Å². The summed E-state index contributed by atoms with van der Waals surface area (Å²) in [5, 5.41) is 2.21. The Morgan fingerprint density at radius 3 is 2.56 bits per heavy atom. The Morgan fingerprint density at radius 2 is 1.94 bits per heavy atom. The van der Waals surface area contributed by atoms with Crippen molar-refractivity contribution in [1.29, 1.82) is 0 Å². The summed E-state index contributed by atoms with van der Waals surface area (Å²) in [6.45, 7) is 3.47. The lowest BCUT2D eigenvalue weighted by Crippen LogP contribution is -2.89.